The van der Waals surface area contributed by atoms with Gasteiger partial charge >= 0.3 is 0 Å². The monoisotopic (exact) mass is 396 g/mol. The Morgan fingerprint density at radius 1 is 1.14 bits per heavy atom. The number of aryl methyl sites for hydroxylation is 1. The molecule has 1 unspecified atom stereocenters. The Kier molecular flexibility index (Phi) is 5.65. The van der Waals surface area contributed by atoms with E-state index in [4.69, 9.17) is 0 Å². The van der Waals surface area contributed by atoms with E-state index in [9.17, 15) is 9.59 Å². The van der Waals surface area contributed by atoms with Gasteiger partial charge in [-0.25, -0.2) is 0 Å². The summed E-state index contributed by atoms with van der Waals surface area (Å²) in [5, 5.41) is 7.61. The first-order valence-electron chi connectivity index (χ1n) is 10.2. The van der Waals surface area contributed by atoms with Crippen molar-refractivity contribution in [2.24, 2.45) is 5.41 Å². The first kappa shape index (κ1) is 19.3. The Balaban J connectivity index is 1.41. The number of thiophene rings is 1. The van der Waals surface area contributed by atoms with Crippen LogP contribution in [0.1, 0.15) is 53.6 Å². The average Bonchev–Trinajstić information content (AvgIpc) is 3.13. The molecule has 1 N–H and O–H groups in total. The van der Waals surface area contributed by atoms with Gasteiger partial charge in [-0.3, -0.25) is 9.59 Å². The summed E-state index contributed by atoms with van der Waals surface area (Å²) in [6.07, 6.45) is 3.97. The number of rotatable bonds is 7. The van der Waals surface area contributed by atoms with Crippen LogP contribution < -0.4 is 5.32 Å². The number of carbonyl (C=O) groups is 2. The maximum absolute atomic E-state index is 13.1. The van der Waals surface area contributed by atoms with Crippen LogP contribution in [0.3, 0.4) is 0 Å². The first-order chi connectivity index (χ1) is 13.6. The van der Waals surface area contributed by atoms with Gasteiger partial charge in [0, 0.05) is 31.0 Å². The molecule has 1 aliphatic carbocycles. The molecule has 1 atom stereocenters. The lowest BCUT2D eigenvalue weighted by Gasteiger charge is -2.29. The molecule has 2 heterocycles. The second-order valence-corrected chi connectivity index (χ2v) is 9.05. The smallest absolute Gasteiger partial charge is 0.223 e. The largest absolute Gasteiger partial charge is 0.335 e. The number of nitrogens with zero attached hydrogens (tertiary/aromatic N) is 1. The minimum atomic E-state index is 0.0520. The van der Waals surface area contributed by atoms with Crippen molar-refractivity contribution in [1.82, 2.24) is 10.2 Å². The van der Waals surface area contributed by atoms with Crippen molar-refractivity contribution in [3.8, 4) is 0 Å². The average molecular weight is 397 g/mol. The summed E-state index contributed by atoms with van der Waals surface area (Å²) in [6.45, 7) is 4.76. The summed E-state index contributed by atoms with van der Waals surface area (Å²) < 4.78 is 0. The standard InChI is InChI=1S/C23H28N2O2S/c1-17-2-4-19(5-3-17)20(26)6-7-22(27)25(15-18-8-13-28-16-18)21-14-23(21)9-11-24-12-10-23/h2-5,8,13,16,21,24H,6-7,9-12,14-15H2,1H3. The highest BCUT2D eigenvalue weighted by atomic mass is 32.1. The number of ketones is 1. The lowest BCUT2D eigenvalue weighted by Crippen LogP contribution is -2.39. The van der Waals surface area contributed by atoms with Gasteiger partial charge in [0.1, 0.15) is 0 Å². The summed E-state index contributed by atoms with van der Waals surface area (Å²) in [5.41, 5.74) is 3.33. The summed E-state index contributed by atoms with van der Waals surface area (Å²) in [5.74, 6) is 0.170. The van der Waals surface area contributed by atoms with Crippen molar-refractivity contribution in [3.63, 3.8) is 0 Å². The first-order valence-corrected chi connectivity index (χ1v) is 11.1. The van der Waals surface area contributed by atoms with E-state index in [1.807, 2.05) is 31.2 Å². The van der Waals surface area contributed by atoms with Crippen molar-refractivity contribution >= 4 is 23.0 Å². The summed E-state index contributed by atoms with van der Waals surface area (Å²) in [4.78, 5) is 27.7. The van der Waals surface area contributed by atoms with Gasteiger partial charge in [-0.15, -0.1) is 0 Å². The van der Waals surface area contributed by atoms with E-state index in [1.165, 1.54) is 5.56 Å². The lowest BCUT2D eigenvalue weighted by atomic mass is 9.93. The van der Waals surface area contributed by atoms with E-state index in [1.54, 1.807) is 11.3 Å². The molecule has 1 aromatic carbocycles. The highest BCUT2D eigenvalue weighted by Gasteiger charge is 2.57. The zero-order chi connectivity index (χ0) is 19.6. The molecular formula is C23H28N2O2S. The van der Waals surface area contributed by atoms with Crippen LogP contribution in [0.15, 0.2) is 41.1 Å². The van der Waals surface area contributed by atoms with E-state index >= 15 is 0 Å². The SMILES string of the molecule is Cc1ccc(C(=O)CCC(=O)N(Cc2ccsc2)C2CC23CCNCC3)cc1. The summed E-state index contributed by atoms with van der Waals surface area (Å²) in [7, 11) is 0. The molecule has 1 aliphatic heterocycles. The van der Waals surface area contributed by atoms with Gasteiger partial charge in [0.2, 0.25) is 5.91 Å². The number of Topliss-reactive ketones (excluding diaryl/α,β-unsaturated/α-hetero) is 1. The molecule has 4 nitrogen and oxygen atoms in total. The Morgan fingerprint density at radius 3 is 2.57 bits per heavy atom. The number of carbonyl (C=O) groups excluding carboxylic acids is 2. The van der Waals surface area contributed by atoms with E-state index in [0.717, 1.165) is 37.9 Å². The van der Waals surface area contributed by atoms with Crippen LogP contribution in [0, 0.1) is 12.3 Å². The minimum Gasteiger partial charge on any atom is -0.335 e. The molecule has 28 heavy (non-hydrogen) atoms. The fourth-order valence-corrected chi connectivity index (χ4v) is 5.09. The van der Waals surface area contributed by atoms with Gasteiger partial charge in [-0.2, -0.15) is 11.3 Å². The summed E-state index contributed by atoms with van der Waals surface area (Å²) in [6, 6.07) is 10.0. The topological polar surface area (TPSA) is 49.4 Å². The number of amides is 1. The second kappa shape index (κ2) is 8.18. The molecule has 0 bridgehead atoms. The van der Waals surface area contributed by atoms with Crippen LogP contribution in [0.4, 0.5) is 0 Å². The number of benzene rings is 1. The molecule has 4 rings (SSSR count). The van der Waals surface area contributed by atoms with E-state index in [2.05, 4.69) is 27.0 Å². The Bertz CT molecular complexity index is 823. The molecular weight excluding hydrogens is 368 g/mol. The Hall–Kier alpha value is -1.98. The minimum absolute atomic E-state index is 0.0520. The van der Waals surface area contributed by atoms with Crippen molar-refractivity contribution < 1.29 is 9.59 Å². The van der Waals surface area contributed by atoms with Gasteiger partial charge in [-0.05, 0) is 67.1 Å². The van der Waals surface area contributed by atoms with Gasteiger partial charge < -0.3 is 10.2 Å². The number of hydrogen-bond acceptors (Lipinski definition) is 4. The maximum Gasteiger partial charge on any atom is 0.223 e. The molecule has 5 heteroatoms. The van der Waals surface area contributed by atoms with Gasteiger partial charge in [0.05, 0.1) is 0 Å². The number of nitrogens with one attached hydrogen (secondary N) is 1. The van der Waals surface area contributed by atoms with Crippen LogP contribution in [0.25, 0.3) is 0 Å². The molecule has 1 aromatic heterocycles. The second-order valence-electron chi connectivity index (χ2n) is 8.27. The molecule has 0 radical (unpaired) electrons. The van der Waals surface area contributed by atoms with Gasteiger partial charge in [0.15, 0.2) is 5.78 Å². The third-order valence-electron chi connectivity index (χ3n) is 6.32. The van der Waals surface area contributed by atoms with Crippen LogP contribution >= 0.6 is 11.3 Å². The third kappa shape index (κ3) is 4.20. The molecule has 1 saturated carbocycles. The lowest BCUT2D eigenvalue weighted by molar-refractivity contribution is -0.133. The fraction of sp³-hybridized carbons (Fsp3) is 0.478. The van der Waals surface area contributed by atoms with E-state index in [0.29, 0.717) is 30.0 Å². The van der Waals surface area contributed by atoms with Crippen molar-refractivity contribution in [2.75, 3.05) is 13.1 Å². The molecule has 1 saturated heterocycles. The van der Waals surface area contributed by atoms with Crippen LogP contribution in [0.5, 0.6) is 0 Å². The summed E-state index contributed by atoms with van der Waals surface area (Å²) >= 11 is 1.67. The molecule has 2 aromatic rings. The Morgan fingerprint density at radius 2 is 1.89 bits per heavy atom. The molecule has 148 valence electrons. The number of hydrogen-bond donors (Lipinski definition) is 1. The van der Waals surface area contributed by atoms with Crippen molar-refractivity contribution in [3.05, 3.63) is 57.8 Å². The van der Waals surface area contributed by atoms with Crippen LogP contribution in [-0.2, 0) is 11.3 Å². The Labute approximate surface area is 170 Å². The van der Waals surface area contributed by atoms with Crippen molar-refractivity contribution in [1.29, 1.82) is 0 Å². The van der Waals surface area contributed by atoms with Crippen LogP contribution in [0.2, 0.25) is 0 Å². The fourth-order valence-electron chi connectivity index (χ4n) is 4.43. The highest BCUT2D eigenvalue weighted by molar-refractivity contribution is 7.07. The molecule has 1 spiro atoms. The van der Waals surface area contributed by atoms with Gasteiger partial charge in [-0.1, -0.05) is 29.8 Å². The highest BCUT2D eigenvalue weighted by Crippen LogP contribution is 2.56. The predicted octanol–water partition coefficient (Wildman–Crippen LogP) is 4.19. The predicted molar refractivity (Wildman–Crippen MR) is 113 cm³/mol. The third-order valence-corrected chi connectivity index (χ3v) is 7.05. The number of piperidine rings is 1. The molecule has 2 aliphatic rings. The molecule has 1 amide bonds. The van der Waals surface area contributed by atoms with Gasteiger partial charge in [0.25, 0.3) is 0 Å². The van der Waals surface area contributed by atoms with Crippen LogP contribution in [-0.4, -0.2) is 35.7 Å². The molecule has 2 fully saturated rings. The van der Waals surface area contributed by atoms with E-state index in [-0.39, 0.29) is 18.1 Å². The zero-order valence-corrected chi connectivity index (χ0v) is 17.3. The van der Waals surface area contributed by atoms with E-state index < -0.39 is 0 Å². The van der Waals surface area contributed by atoms with Crippen molar-refractivity contribution in [2.45, 2.75) is 51.6 Å². The maximum atomic E-state index is 13.1. The normalized spacial score (nSPS) is 20.1. The quantitative estimate of drug-likeness (QED) is 0.714. The zero-order valence-electron chi connectivity index (χ0n) is 16.4.